The van der Waals surface area contributed by atoms with Crippen LogP contribution in [-0.2, 0) is 9.84 Å². The van der Waals surface area contributed by atoms with Crippen molar-refractivity contribution in [1.82, 2.24) is 0 Å². The van der Waals surface area contributed by atoms with E-state index in [9.17, 15) is 8.42 Å². The van der Waals surface area contributed by atoms with Crippen molar-refractivity contribution >= 4 is 14.7 Å². The molecule has 0 amide bonds. The Kier molecular flexibility index (Phi) is 2.96. The molecule has 0 saturated heterocycles. The summed E-state index contributed by atoms with van der Waals surface area (Å²) in [4.78, 5) is 0.108. The highest BCUT2D eigenvalue weighted by atomic mass is 32.2. The second-order valence-electron chi connectivity index (χ2n) is 2.93. The molecular formula is C10H12O3S. The van der Waals surface area contributed by atoms with Crippen molar-refractivity contribution < 1.29 is 13.2 Å². The Bertz CT molecular complexity index is 446. The molecule has 0 bridgehead atoms. The molecule has 1 aromatic carbocycles. The highest BCUT2D eigenvalue weighted by molar-refractivity contribution is 7.99. The van der Waals surface area contributed by atoms with Crippen molar-refractivity contribution in [2.75, 3.05) is 13.4 Å². The molecule has 0 heterocycles. The lowest BCUT2D eigenvalue weighted by Gasteiger charge is -2.05. The molecule has 1 rings (SSSR count). The van der Waals surface area contributed by atoms with Crippen molar-refractivity contribution in [2.45, 2.75) is 0 Å². The zero-order valence-corrected chi connectivity index (χ0v) is 8.97. The van der Waals surface area contributed by atoms with Crippen LogP contribution in [0.4, 0.5) is 0 Å². The third kappa shape index (κ3) is 2.35. The fraction of sp³-hybridized carbons (Fsp3) is 0.200. The van der Waals surface area contributed by atoms with E-state index in [2.05, 4.69) is 6.58 Å². The van der Waals surface area contributed by atoms with Gasteiger partial charge in [0.15, 0.2) is 9.84 Å². The fourth-order valence-corrected chi connectivity index (χ4v) is 1.57. The maximum atomic E-state index is 11.2. The van der Waals surface area contributed by atoms with Crippen molar-refractivity contribution in [3.05, 3.63) is 36.4 Å². The topological polar surface area (TPSA) is 43.4 Å². The van der Waals surface area contributed by atoms with Gasteiger partial charge >= 0.3 is 0 Å². The van der Waals surface area contributed by atoms with E-state index in [1.807, 2.05) is 0 Å². The number of hydrogen-bond donors (Lipinski definition) is 0. The van der Waals surface area contributed by atoms with Gasteiger partial charge < -0.3 is 4.74 Å². The zero-order chi connectivity index (χ0) is 10.8. The van der Waals surface area contributed by atoms with E-state index >= 15 is 0 Å². The average Bonchev–Trinajstić information content (AvgIpc) is 2.15. The van der Waals surface area contributed by atoms with Crippen LogP contribution in [0.15, 0.2) is 30.8 Å². The molecule has 14 heavy (non-hydrogen) atoms. The minimum Gasteiger partial charge on any atom is -0.497 e. The van der Waals surface area contributed by atoms with E-state index in [4.69, 9.17) is 4.74 Å². The smallest absolute Gasteiger partial charge is 0.175 e. The Morgan fingerprint density at radius 2 is 2.07 bits per heavy atom. The first-order chi connectivity index (χ1) is 6.45. The molecule has 0 unspecified atom stereocenters. The van der Waals surface area contributed by atoms with E-state index in [0.717, 1.165) is 6.26 Å². The fourth-order valence-electron chi connectivity index (χ4n) is 1.01. The first-order valence-corrected chi connectivity index (χ1v) is 5.87. The standard InChI is InChI=1S/C10H12O3S/c1-8(14(3,11)12)9-5-4-6-10(7-9)13-2/h4-7H,1H2,2-3H3. The van der Waals surface area contributed by atoms with Crippen LogP contribution in [0.2, 0.25) is 0 Å². The van der Waals surface area contributed by atoms with Crippen LogP contribution < -0.4 is 4.74 Å². The van der Waals surface area contributed by atoms with Gasteiger partial charge in [0.05, 0.1) is 12.0 Å². The molecule has 3 nitrogen and oxygen atoms in total. The van der Waals surface area contributed by atoms with E-state index in [1.54, 1.807) is 24.3 Å². The number of rotatable bonds is 3. The van der Waals surface area contributed by atoms with Gasteiger partial charge in [-0.3, -0.25) is 0 Å². The van der Waals surface area contributed by atoms with Crippen LogP contribution in [-0.4, -0.2) is 21.8 Å². The number of methoxy groups -OCH3 is 1. The highest BCUT2D eigenvalue weighted by Crippen LogP contribution is 2.22. The van der Waals surface area contributed by atoms with Gasteiger partial charge in [0, 0.05) is 6.26 Å². The quantitative estimate of drug-likeness (QED) is 0.766. The summed E-state index contributed by atoms with van der Waals surface area (Å²) in [7, 11) is -1.70. The number of sulfone groups is 1. The van der Waals surface area contributed by atoms with E-state index < -0.39 is 9.84 Å². The van der Waals surface area contributed by atoms with Gasteiger partial charge in [0.1, 0.15) is 5.75 Å². The summed E-state index contributed by atoms with van der Waals surface area (Å²) < 4.78 is 27.4. The van der Waals surface area contributed by atoms with Crippen LogP contribution in [0.1, 0.15) is 5.56 Å². The average molecular weight is 212 g/mol. The van der Waals surface area contributed by atoms with Crippen molar-refractivity contribution in [3.63, 3.8) is 0 Å². The largest absolute Gasteiger partial charge is 0.497 e. The first-order valence-electron chi connectivity index (χ1n) is 3.98. The Balaban J connectivity index is 3.15. The summed E-state index contributed by atoms with van der Waals surface area (Å²) >= 11 is 0. The predicted molar refractivity (Wildman–Crippen MR) is 56.9 cm³/mol. The Hall–Kier alpha value is -1.29. The van der Waals surface area contributed by atoms with Gasteiger partial charge in [-0.2, -0.15) is 0 Å². The van der Waals surface area contributed by atoms with Gasteiger partial charge in [0.25, 0.3) is 0 Å². The monoisotopic (exact) mass is 212 g/mol. The molecule has 0 N–H and O–H groups in total. The molecule has 0 aromatic heterocycles. The molecule has 76 valence electrons. The number of hydrogen-bond acceptors (Lipinski definition) is 3. The predicted octanol–water partition coefficient (Wildman–Crippen LogP) is 1.71. The van der Waals surface area contributed by atoms with E-state index in [1.165, 1.54) is 7.11 Å². The highest BCUT2D eigenvalue weighted by Gasteiger charge is 2.11. The van der Waals surface area contributed by atoms with Gasteiger partial charge in [-0.25, -0.2) is 8.42 Å². The Morgan fingerprint density at radius 1 is 1.43 bits per heavy atom. The summed E-state index contributed by atoms with van der Waals surface area (Å²) in [6.45, 7) is 3.53. The summed E-state index contributed by atoms with van der Waals surface area (Å²) in [5.74, 6) is 0.618. The van der Waals surface area contributed by atoms with Crippen molar-refractivity contribution in [3.8, 4) is 5.75 Å². The first kappa shape index (κ1) is 10.8. The number of ether oxygens (including phenoxy) is 1. The third-order valence-corrected chi connectivity index (χ3v) is 2.97. The third-order valence-electron chi connectivity index (χ3n) is 1.84. The molecule has 0 aliphatic rings. The lowest BCUT2D eigenvalue weighted by Crippen LogP contribution is -1.98. The van der Waals surface area contributed by atoms with Crippen molar-refractivity contribution in [2.24, 2.45) is 0 Å². The van der Waals surface area contributed by atoms with Crippen LogP contribution in [0.3, 0.4) is 0 Å². The van der Waals surface area contributed by atoms with Crippen molar-refractivity contribution in [1.29, 1.82) is 0 Å². The molecule has 0 saturated carbocycles. The second-order valence-corrected chi connectivity index (χ2v) is 4.96. The normalized spacial score (nSPS) is 11.0. The lowest BCUT2D eigenvalue weighted by molar-refractivity contribution is 0.414. The summed E-state index contributed by atoms with van der Waals surface area (Å²) in [6.07, 6.45) is 1.13. The Morgan fingerprint density at radius 3 is 2.57 bits per heavy atom. The maximum absolute atomic E-state index is 11.2. The van der Waals surface area contributed by atoms with Crippen LogP contribution in [0.5, 0.6) is 5.75 Å². The second kappa shape index (κ2) is 3.84. The molecule has 0 fully saturated rings. The summed E-state index contributed by atoms with van der Waals surface area (Å²) in [6, 6.07) is 6.80. The van der Waals surface area contributed by atoms with Gasteiger partial charge in [-0.15, -0.1) is 0 Å². The molecule has 0 aliphatic carbocycles. The molecule has 4 heteroatoms. The molecule has 0 spiro atoms. The summed E-state index contributed by atoms with van der Waals surface area (Å²) in [5.41, 5.74) is 0.562. The number of benzene rings is 1. The minimum atomic E-state index is -3.23. The van der Waals surface area contributed by atoms with E-state index in [-0.39, 0.29) is 4.91 Å². The van der Waals surface area contributed by atoms with Gasteiger partial charge in [-0.05, 0) is 17.7 Å². The van der Waals surface area contributed by atoms with Crippen LogP contribution in [0.25, 0.3) is 4.91 Å². The molecule has 0 atom stereocenters. The Labute approximate surface area is 83.9 Å². The minimum absolute atomic E-state index is 0.108. The van der Waals surface area contributed by atoms with Crippen LogP contribution >= 0.6 is 0 Å². The molecule has 0 aliphatic heterocycles. The van der Waals surface area contributed by atoms with Crippen LogP contribution in [0, 0.1) is 0 Å². The van der Waals surface area contributed by atoms with Gasteiger partial charge in [0.2, 0.25) is 0 Å². The van der Waals surface area contributed by atoms with E-state index in [0.29, 0.717) is 11.3 Å². The molecule has 1 aromatic rings. The SMILES string of the molecule is C=C(c1cccc(OC)c1)S(C)(=O)=O. The molecular weight excluding hydrogens is 200 g/mol. The lowest BCUT2D eigenvalue weighted by atomic mass is 10.2. The maximum Gasteiger partial charge on any atom is 0.175 e. The van der Waals surface area contributed by atoms with Gasteiger partial charge in [-0.1, -0.05) is 18.7 Å². The summed E-state index contributed by atoms with van der Waals surface area (Å²) in [5, 5.41) is 0. The zero-order valence-electron chi connectivity index (χ0n) is 8.15. The molecule has 0 radical (unpaired) electrons.